The van der Waals surface area contributed by atoms with E-state index in [1.165, 1.54) is 0 Å². The molecule has 0 aliphatic rings. The lowest BCUT2D eigenvalue weighted by atomic mass is 10.2. The van der Waals surface area contributed by atoms with Gasteiger partial charge in [-0.15, -0.1) is 0 Å². The number of sulfone groups is 1. The van der Waals surface area contributed by atoms with Gasteiger partial charge in [-0.05, 0) is 23.8 Å². The predicted molar refractivity (Wildman–Crippen MR) is 85.1 cm³/mol. The Hall–Kier alpha value is -2.26. The molecule has 0 atom stereocenters. The van der Waals surface area contributed by atoms with E-state index >= 15 is 0 Å². The average molecular weight is 400 g/mol. The molecule has 0 aromatic heterocycles. The zero-order chi connectivity index (χ0) is 17.2. The lowest BCUT2D eigenvalue weighted by molar-refractivity contribution is -0.385. The highest BCUT2D eigenvalue weighted by Gasteiger charge is 2.22. The Kier molecular flexibility index (Phi) is 4.81. The highest BCUT2D eigenvalue weighted by Crippen LogP contribution is 2.24. The second kappa shape index (κ2) is 6.47. The molecular formula is C14H10BrNO6S. The standard InChI is InChI=1S/C14H10BrNO6S/c15-11-3-1-9(2-4-11)8-23(21,22)13-6-10(14(17)18)5-12(7-13)16(19)20/h1-7H,8H2,(H,17,18). The minimum absolute atomic E-state index is 0.388. The summed E-state index contributed by atoms with van der Waals surface area (Å²) in [4.78, 5) is 20.7. The van der Waals surface area contributed by atoms with Gasteiger partial charge in [0.2, 0.25) is 0 Å². The summed E-state index contributed by atoms with van der Waals surface area (Å²) in [6, 6.07) is 9.13. The van der Waals surface area contributed by atoms with Crippen LogP contribution in [0, 0.1) is 10.1 Å². The van der Waals surface area contributed by atoms with E-state index in [1.807, 2.05) is 0 Å². The molecule has 2 aromatic rings. The van der Waals surface area contributed by atoms with Gasteiger partial charge in [-0.1, -0.05) is 28.1 Å². The Bertz CT molecular complexity index is 844. The van der Waals surface area contributed by atoms with Crippen molar-refractivity contribution in [1.82, 2.24) is 0 Å². The fourth-order valence-electron chi connectivity index (χ4n) is 1.88. The van der Waals surface area contributed by atoms with Gasteiger partial charge < -0.3 is 5.11 Å². The normalized spacial score (nSPS) is 11.2. The molecule has 23 heavy (non-hydrogen) atoms. The van der Waals surface area contributed by atoms with Crippen LogP contribution >= 0.6 is 15.9 Å². The third-order valence-electron chi connectivity index (χ3n) is 2.98. The van der Waals surface area contributed by atoms with E-state index in [4.69, 9.17) is 5.11 Å². The van der Waals surface area contributed by atoms with Gasteiger partial charge in [0, 0.05) is 16.6 Å². The van der Waals surface area contributed by atoms with Crippen molar-refractivity contribution in [3.8, 4) is 0 Å². The Morgan fingerprint density at radius 2 is 1.78 bits per heavy atom. The molecule has 1 N–H and O–H groups in total. The molecule has 0 fully saturated rings. The Morgan fingerprint density at radius 1 is 1.17 bits per heavy atom. The summed E-state index contributed by atoms with van der Waals surface area (Å²) < 4.78 is 25.6. The smallest absolute Gasteiger partial charge is 0.335 e. The summed E-state index contributed by atoms with van der Waals surface area (Å²) in [5.74, 6) is -1.82. The zero-order valence-corrected chi connectivity index (χ0v) is 13.9. The van der Waals surface area contributed by atoms with E-state index in [2.05, 4.69) is 15.9 Å². The minimum atomic E-state index is -3.92. The van der Waals surface area contributed by atoms with E-state index in [0.717, 1.165) is 22.7 Å². The summed E-state index contributed by atoms with van der Waals surface area (Å²) in [6.45, 7) is 0. The van der Waals surface area contributed by atoms with Crippen LogP contribution in [0.3, 0.4) is 0 Å². The number of rotatable bonds is 5. The molecule has 9 heteroatoms. The summed E-state index contributed by atoms with van der Waals surface area (Å²) >= 11 is 3.23. The first-order valence-corrected chi connectivity index (χ1v) is 8.63. The van der Waals surface area contributed by atoms with Gasteiger partial charge in [-0.3, -0.25) is 10.1 Å². The van der Waals surface area contributed by atoms with Crippen LogP contribution in [0.4, 0.5) is 5.69 Å². The van der Waals surface area contributed by atoms with Crippen LogP contribution in [0.25, 0.3) is 0 Å². The summed E-state index contributed by atoms with van der Waals surface area (Å²) in [5, 5.41) is 19.8. The van der Waals surface area contributed by atoms with Crippen LogP contribution in [0.1, 0.15) is 15.9 Å². The van der Waals surface area contributed by atoms with Crippen molar-refractivity contribution in [1.29, 1.82) is 0 Å². The van der Waals surface area contributed by atoms with E-state index < -0.39 is 36.9 Å². The molecule has 0 saturated carbocycles. The number of carboxylic acids is 1. The van der Waals surface area contributed by atoms with Crippen LogP contribution in [0.15, 0.2) is 51.8 Å². The largest absolute Gasteiger partial charge is 0.478 e. The molecule has 0 bridgehead atoms. The van der Waals surface area contributed by atoms with E-state index in [0.29, 0.717) is 5.56 Å². The lowest BCUT2D eigenvalue weighted by Gasteiger charge is -2.06. The van der Waals surface area contributed by atoms with Gasteiger partial charge in [0.05, 0.1) is 21.1 Å². The second-order valence-corrected chi connectivity index (χ2v) is 7.57. The maximum atomic E-state index is 12.4. The first kappa shape index (κ1) is 17.1. The number of carboxylic acid groups (broad SMARTS) is 1. The second-order valence-electron chi connectivity index (χ2n) is 4.66. The van der Waals surface area contributed by atoms with Crippen LogP contribution in [0.5, 0.6) is 0 Å². The number of non-ortho nitro benzene ring substituents is 1. The maximum Gasteiger partial charge on any atom is 0.335 e. The van der Waals surface area contributed by atoms with Crippen molar-refractivity contribution in [3.05, 3.63) is 68.2 Å². The quantitative estimate of drug-likeness (QED) is 0.610. The van der Waals surface area contributed by atoms with E-state index in [-0.39, 0.29) is 5.75 Å². The number of aromatic carboxylic acids is 1. The number of hydrogen-bond donors (Lipinski definition) is 1. The molecule has 0 aliphatic heterocycles. The lowest BCUT2D eigenvalue weighted by Crippen LogP contribution is -2.08. The van der Waals surface area contributed by atoms with Gasteiger partial charge in [-0.2, -0.15) is 0 Å². The average Bonchev–Trinajstić information content (AvgIpc) is 2.49. The number of carbonyl (C=O) groups is 1. The van der Waals surface area contributed by atoms with Gasteiger partial charge in [0.15, 0.2) is 9.84 Å². The number of benzene rings is 2. The maximum absolute atomic E-state index is 12.4. The van der Waals surface area contributed by atoms with Crippen molar-refractivity contribution in [2.24, 2.45) is 0 Å². The monoisotopic (exact) mass is 399 g/mol. The fraction of sp³-hybridized carbons (Fsp3) is 0.0714. The van der Waals surface area contributed by atoms with Gasteiger partial charge in [0.1, 0.15) is 0 Å². The Morgan fingerprint density at radius 3 is 2.30 bits per heavy atom. The van der Waals surface area contributed by atoms with Crippen LogP contribution in [-0.4, -0.2) is 24.4 Å². The number of halogens is 1. The van der Waals surface area contributed by atoms with Crippen molar-refractivity contribution in [2.75, 3.05) is 0 Å². The summed E-state index contributed by atoms with van der Waals surface area (Å²) in [5.41, 5.74) is -0.551. The first-order chi connectivity index (χ1) is 10.7. The molecule has 0 saturated heterocycles. The minimum Gasteiger partial charge on any atom is -0.478 e. The number of nitro benzene ring substituents is 1. The van der Waals surface area contributed by atoms with Gasteiger partial charge in [0.25, 0.3) is 5.69 Å². The molecule has 0 heterocycles. The molecule has 2 aromatic carbocycles. The first-order valence-electron chi connectivity index (χ1n) is 6.19. The molecule has 0 spiro atoms. The molecule has 0 aliphatic carbocycles. The fourth-order valence-corrected chi connectivity index (χ4v) is 3.54. The number of hydrogen-bond acceptors (Lipinski definition) is 5. The third-order valence-corrected chi connectivity index (χ3v) is 5.17. The molecular weight excluding hydrogens is 390 g/mol. The summed E-state index contributed by atoms with van der Waals surface area (Å²) in [6.07, 6.45) is 0. The number of nitrogens with zero attached hydrogens (tertiary/aromatic N) is 1. The molecule has 0 radical (unpaired) electrons. The zero-order valence-electron chi connectivity index (χ0n) is 11.5. The van der Waals surface area contributed by atoms with Crippen molar-refractivity contribution >= 4 is 37.4 Å². The molecule has 7 nitrogen and oxygen atoms in total. The Labute approximate surface area is 139 Å². The molecule has 2 rings (SSSR count). The van der Waals surface area contributed by atoms with Gasteiger partial charge in [-0.25, -0.2) is 13.2 Å². The Balaban J connectivity index is 2.48. The number of nitro groups is 1. The van der Waals surface area contributed by atoms with E-state index in [9.17, 15) is 23.3 Å². The third kappa shape index (κ3) is 4.14. The van der Waals surface area contributed by atoms with E-state index in [1.54, 1.807) is 24.3 Å². The highest BCUT2D eigenvalue weighted by atomic mass is 79.9. The van der Waals surface area contributed by atoms with Crippen molar-refractivity contribution < 1.29 is 23.2 Å². The molecule has 0 amide bonds. The molecule has 0 unspecified atom stereocenters. The highest BCUT2D eigenvalue weighted by molar-refractivity contribution is 9.10. The predicted octanol–water partition coefficient (Wildman–Crippen LogP) is 3.03. The van der Waals surface area contributed by atoms with Crippen molar-refractivity contribution in [2.45, 2.75) is 10.6 Å². The van der Waals surface area contributed by atoms with Crippen molar-refractivity contribution in [3.63, 3.8) is 0 Å². The van der Waals surface area contributed by atoms with Crippen LogP contribution in [-0.2, 0) is 15.6 Å². The topological polar surface area (TPSA) is 115 Å². The van der Waals surface area contributed by atoms with Crippen LogP contribution in [0.2, 0.25) is 0 Å². The molecule has 120 valence electrons. The van der Waals surface area contributed by atoms with Crippen LogP contribution < -0.4 is 0 Å². The SMILES string of the molecule is O=C(O)c1cc([N+](=O)[O-])cc(S(=O)(=O)Cc2ccc(Br)cc2)c1. The summed E-state index contributed by atoms with van der Waals surface area (Å²) in [7, 11) is -3.92. The van der Waals surface area contributed by atoms with Gasteiger partial charge >= 0.3 is 5.97 Å².